The SMILES string of the molecule is Cc1noc(CCNC(=O)N2CCC[C@@H](C(=O)O)C2)n1. The van der Waals surface area contributed by atoms with Crippen molar-refractivity contribution in [2.75, 3.05) is 19.6 Å². The minimum absolute atomic E-state index is 0.243. The number of likely N-dealkylation sites (tertiary alicyclic amines) is 1. The highest BCUT2D eigenvalue weighted by atomic mass is 16.5. The molecule has 2 amide bonds. The maximum absolute atomic E-state index is 11.9. The number of piperidine rings is 1. The zero-order valence-corrected chi connectivity index (χ0v) is 11.3. The maximum Gasteiger partial charge on any atom is 0.317 e. The first-order chi connectivity index (χ1) is 9.56. The minimum atomic E-state index is -0.844. The Balaban J connectivity index is 1.75. The molecule has 1 aliphatic rings. The van der Waals surface area contributed by atoms with Crippen molar-refractivity contribution in [3.8, 4) is 0 Å². The third-order valence-electron chi connectivity index (χ3n) is 3.24. The van der Waals surface area contributed by atoms with Crippen LogP contribution in [-0.2, 0) is 11.2 Å². The molecular weight excluding hydrogens is 264 g/mol. The molecule has 1 aromatic heterocycles. The fraction of sp³-hybridized carbons (Fsp3) is 0.667. The van der Waals surface area contributed by atoms with E-state index in [2.05, 4.69) is 15.5 Å². The average Bonchev–Trinajstić information content (AvgIpc) is 2.84. The van der Waals surface area contributed by atoms with Crippen molar-refractivity contribution in [3.05, 3.63) is 11.7 Å². The van der Waals surface area contributed by atoms with Gasteiger partial charge in [0.1, 0.15) is 0 Å². The van der Waals surface area contributed by atoms with Gasteiger partial charge in [0, 0.05) is 26.1 Å². The van der Waals surface area contributed by atoms with E-state index in [0.29, 0.717) is 44.1 Å². The van der Waals surface area contributed by atoms with Gasteiger partial charge in [-0.15, -0.1) is 0 Å². The number of aliphatic carboxylic acids is 1. The minimum Gasteiger partial charge on any atom is -0.481 e. The van der Waals surface area contributed by atoms with E-state index in [9.17, 15) is 9.59 Å². The molecule has 0 aromatic carbocycles. The number of urea groups is 1. The van der Waals surface area contributed by atoms with Crippen LogP contribution in [0.3, 0.4) is 0 Å². The van der Waals surface area contributed by atoms with Gasteiger partial charge in [-0.3, -0.25) is 4.79 Å². The molecular formula is C12H18N4O4. The fourth-order valence-electron chi connectivity index (χ4n) is 2.19. The van der Waals surface area contributed by atoms with Crippen molar-refractivity contribution in [2.24, 2.45) is 5.92 Å². The molecule has 2 rings (SSSR count). The van der Waals surface area contributed by atoms with E-state index < -0.39 is 11.9 Å². The lowest BCUT2D eigenvalue weighted by molar-refractivity contribution is -0.143. The molecule has 1 aliphatic heterocycles. The third kappa shape index (κ3) is 3.69. The Morgan fingerprint density at radius 2 is 2.35 bits per heavy atom. The number of carboxylic acid groups (broad SMARTS) is 1. The van der Waals surface area contributed by atoms with Crippen LogP contribution in [0.2, 0.25) is 0 Å². The number of amides is 2. The Labute approximate surface area is 116 Å². The number of aromatic nitrogens is 2. The summed E-state index contributed by atoms with van der Waals surface area (Å²) in [6, 6.07) is -0.243. The number of rotatable bonds is 4. The molecule has 0 aliphatic carbocycles. The zero-order chi connectivity index (χ0) is 14.5. The Morgan fingerprint density at radius 3 is 3.00 bits per heavy atom. The second-order valence-electron chi connectivity index (χ2n) is 4.84. The van der Waals surface area contributed by atoms with Crippen molar-refractivity contribution in [1.29, 1.82) is 0 Å². The highest BCUT2D eigenvalue weighted by molar-refractivity contribution is 5.76. The molecule has 2 N–H and O–H groups in total. The Bertz CT molecular complexity index is 488. The quantitative estimate of drug-likeness (QED) is 0.828. The number of carbonyl (C=O) groups is 2. The van der Waals surface area contributed by atoms with Crippen LogP contribution in [-0.4, -0.2) is 51.8 Å². The van der Waals surface area contributed by atoms with Crippen molar-refractivity contribution in [3.63, 3.8) is 0 Å². The van der Waals surface area contributed by atoms with Crippen LogP contribution < -0.4 is 5.32 Å². The lowest BCUT2D eigenvalue weighted by Gasteiger charge is -2.30. The molecule has 2 heterocycles. The molecule has 1 atom stereocenters. The molecule has 1 aromatic rings. The van der Waals surface area contributed by atoms with Crippen molar-refractivity contribution >= 4 is 12.0 Å². The Kier molecular flexibility index (Phi) is 4.54. The van der Waals surface area contributed by atoms with Gasteiger partial charge >= 0.3 is 12.0 Å². The van der Waals surface area contributed by atoms with Crippen LogP contribution >= 0.6 is 0 Å². The number of hydrogen-bond donors (Lipinski definition) is 2. The lowest BCUT2D eigenvalue weighted by Crippen LogP contribution is -2.47. The number of nitrogens with one attached hydrogen (secondary N) is 1. The number of carbonyl (C=O) groups excluding carboxylic acids is 1. The van der Waals surface area contributed by atoms with Gasteiger partial charge < -0.3 is 19.8 Å². The number of hydrogen-bond acceptors (Lipinski definition) is 5. The number of nitrogens with zero attached hydrogens (tertiary/aromatic N) is 3. The molecule has 8 nitrogen and oxygen atoms in total. The van der Waals surface area contributed by atoms with E-state index in [1.54, 1.807) is 11.8 Å². The monoisotopic (exact) mass is 282 g/mol. The summed E-state index contributed by atoms with van der Waals surface area (Å²) in [4.78, 5) is 28.4. The summed E-state index contributed by atoms with van der Waals surface area (Å²) >= 11 is 0. The van der Waals surface area contributed by atoms with Crippen LogP contribution in [0.5, 0.6) is 0 Å². The molecule has 8 heteroatoms. The van der Waals surface area contributed by atoms with Gasteiger partial charge in [0.15, 0.2) is 5.82 Å². The van der Waals surface area contributed by atoms with E-state index in [0.717, 1.165) is 0 Å². The van der Waals surface area contributed by atoms with E-state index >= 15 is 0 Å². The van der Waals surface area contributed by atoms with Gasteiger partial charge in [-0.05, 0) is 19.8 Å². The van der Waals surface area contributed by atoms with Crippen molar-refractivity contribution in [1.82, 2.24) is 20.4 Å². The molecule has 1 fully saturated rings. The van der Waals surface area contributed by atoms with Crippen molar-refractivity contribution < 1.29 is 19.2 Å². The predicted molar refractivity (Wildman–Crippen MR) is 68.1 cm³/mol. The van der Waals surface area contributed by atoms with Crippen molar-refractivity contribution in [2.45, 2.75) is 26.2 Å². The first kappa shape index (κ1) is 14.3. The van der Waals surface area contributed by atoms with Gasteiger partial charge in [-0.25, -0.2) is 4.79 Å². The summed E-state index contributed by atoms with van der Waals surface area (Å²) in [5.41, 5.74) is 0. The lowest BCUT2D eigenvalue weighted by atomic mass is 9.99. The molecule has 1 saturated heterocycles. The van der Waals surface area contributed by atoms with Gasteiger partial charge in [0.05, 0.1) is 5.92 Å². The molecule has 0 saturated carbocycles. The summed E-state index contributed by atoms with van der Waals surface area (Å²) in [5.74, 6) is -0.270. The Hall–Kier alpha value is -2.12. The first-order valence-electron chi connectivity index (χ1n) is 6.61. The van der Waals surface area contributed by atoms with Crippen LogP contribution in [0.4, 0.5) is 4.79 Å². The van der Waals surface area contributed by atoms with Gasteiger partial charge in [0.2, 0.25) is 5.89 Å². The van der Waals surface area contributed by atoms with Crippen LogP contribution in [0.1, 0.15) is 24.6 Å². The summed E-state index contributed by atoms with van der Waals surface area (Å²) in [7, 11) is 0. The van der Waals surface area contributed by atoms with Gasteiger partial charge in [-0.2, -0.15) is 4.98 Å². The Morgan fingerprint density at radius 1 is 1.55 bits per heavy atom. The molecule has 0 bridgehead atoms. The maximum atomic E-state index is 11.9. The van der Waals surface area contributed by atoms with Crippen LogP contribution in [0.25, 0.3) is 0 Å². The summed E-state index contributed by atoms with van der Waals surface area (Å²) in [5, 5.41) is 15.4. The molecule has 0 radical (unpaired) electrons. The topological polar surface area (TPSA) is 109 Å². The molecule has 0 unspecified atom stereocenters. The van der Waals surface area contributed by atoms with Crippen LogP contribution in [0.15, 0.2) is 4.52 Å². The second-order valence-corrected chi connectivity index (χ2v) is 4.84. The van der Waals surface area contributed by atoms with Gasteiger partial charge in [-0.1, -0.05) is 5.16 Å². The largest absolute Gasteiger partial charge is 0.481 e. The summed E-state index contributed by atoms with van der Waals surface area (Å²) in [6.07, 6.45) is 1.80. The highest BCUT2D eigenvalue weighted by Crippen LogP contribution is 2.16. The average molecular weight is 282 g/mol. The normalized spacial score (nSPS) is 18.9. The van der Waals surface area contributed by atoms with E-state index in [4.69, 9.17) is 9.63 Å². The third-order valence-corrected chi connectivity index (χ3v) is 3.24. The number of aryl methyl sites for hydroxylation is 1. The van der Waals surface area contributed by atoms with E-state index in [1.165, 1.54) is 0 Å². The van der Waals surface area contributed by atoms with E-state index in [1.807, 2.05) is 0 Å². The summed E-state index contributed by atoms with van der Waals surface area (Å²) < 4.78 is 4.94. The molecule has 20 heavy (non-hydrogen) atoms. The van der Waals surface area contributed by atoms with Gasteiger partial charge in [0.25, 0.3) is 0 Å². The first-order valence-corrected chi connectivity index (χ1v) is 6.61. The predicted octanol–water partition coefficient (Wildman–Crippen LogP) is 0.427. The fourth-order valence-corrected chi connectivity index (χ4v) is 2.19. The highest BCUT2D eigenvalue weighted by Gasteiger charge is 2.27. The van der Waals surface area contributed by atoms with Crippen LogP contribution in [0, 0.1) is 12.8 Å². The molecule has 110 valence electrons. The summed E-state index contributed by atoms with van der Waals surface area (Å²) in [6.45, 7) is 2.97. The standard InChI is InChI=1S/C12H18N4O4/c1-8-14-10(20-15-8)4-5-13-12(19)16-6-2-3-9(7-16)11(17)18/h9H,2-7H2,1H3,(H,13,19)(H,17,18)/t9-/m1/s1. The smallest absolute Gasteiger partial charge is 0.317 e. The zero-order valence-electron chi connectivity index (χ0n) is 11.3. The second kappa shape index (κ2) is 6.36. The number of carboxylic acids is 1. The molecule has 0 spiro atoms. The van der Waals surface area contributed by atoms with E-state index in [-0.39, 0.29) is 12.6 Å².